The molecule has 118 valence electrons. The minimum absolute atomic E-state index is 0.0831. The van der Waals surface area contributed by atoms with Crippen LogP contribution in [-0.4, -0.2) is 21.5 Å². The molecule has 0 unspecified atom stereocenters. The Bertz CT molecular complexity index is 804. The second kappa shape index (κ2) is 6.69. The number of carbonyl (C=O) groups is 1. The molecule has 0 saturated carbocycles. The summed E-state index contributed by atoms with van der Waals surface area (Å²) < 4.78 is 17.4. The number of H-pyrrole nitrogens is 1. The molecule has 2 amide bonds. The molecule has 0 bridgehead atoms. The van der Waals surface area contributed by atoms with Gasteiger partial charge < -0.3 is 5.32 Å². The number of aromatic amines is 1. The third-order valence-electron chi connectivity index (χ3n) is 3.00. The second-order valence-electron chi connectivity index (χ2n) is 4.93. The molecule has 1 aromatic heterocycles. The lowest BCUT2D eigenvalue weighted by atomic mass is 10.0. The standard InChI is InChI=1S/C14H17FN4O2S/c1-4-16-12(20)17-14-19(13(21)18-22-14)11-7-9(15)5-6-10(11)8(2)3/h5-8H,4H2,1-3H3,(H,16,20)(H,18,21)/b17-14-. The fourth-order valence-corrected chi connectivity index (χ4v) is 2.70. The van der Waals surface area contributed by atoms with Crippen molar-refractivity contribution >= 4 is 17.6 Å². The molecule has 2 aromatic rings. The summed E-state index contributed by atoms with van der Waals surface area (Å²) in [6.45, 7) is 6.08. The van der Waals surface area contributed by atoms with Crippen molar-refractivity contribution < 1.29 is 9.18 Å². The van der Waals surface area contributed by atoms with E-state index in [9.17, 15) is 14.0 Å². The first-order chi connectivity index (χ1) is 10.4. The lowest BCUT2D eigenvalue weighted by Crippen LogP contribution is -2.29. The molecule has 0 radical (unpaired) electrons. The summed E-state index contributed by atoms with van der Waals surface area (Å²) in [6, 6.07) is 3.71. The van der Waals surface area contributed by atoms with E-state index in [1.54, 1.807) is 13.0 Å². The molecule has 2 N–H and O–H groups in total. The lowest BCUT2D eigenvalue weighted by molar-refractivity contribution is 0.249. The SMILES string of the molecule is CCNC(=O)/N=c1\s[nH]c(=O)n1-c1cc(F)ccc1C(C)C. The maximum atomic E-state index is 13.6. The molecule has 0 aliphatic carbocycles. The van der Waals surface area contributed by atoms with Crippen LogP contribution in [0.5, 0.6) is 0 Å². The smallest absolute Gasteiger partial charge is 0.336 e. The number of hydrogen-bond donors (Lipinski definition) is 2. The van der Waals surface area contributed by atoms with Gasteiger partial charge in [0, 0.05) is 6.54 Å². The van der Waals surface area contributed by atoms with Crippen LogP contribution in [0.1, 0.15) is 32.3 Å². The summed E-state index contributed by atoms with van der Waals surface area (Å²) in [7, 11) is 0. The zero-order chi connectivity index (χ0) is 16.3. The van der Waals surface area contributed by atoms with E-state index in [0.29, 0.717) is 12.2 Å². The maximum Gasteiger partial charge on any atom is 0.343 e. The summed E-state index contributed by atoms with van der Waals surface area (Å²) in [6.07, 6.45) is 0. The van der Waals surface area contributed by atoms with Crippen LogP contribution in [0.25, 0.3) is 5.69 Å². The van der Waals surface area contributed by atoms with Gasteiger partial charge in [-0.15, -0.1) is 0 Å². The number of urea groups is 1. The van der Waals surface area contributed by atoms with Gasteiger partial charge >= 0.3 is 11.7 Å². The Balaban J connectivity index is 2.69. The topological polar surface area (TPSA) is 79.2 Å². The molecule has 0 fully saturated rings. The van der Waals surface area contributed by atoms with Crippen molar-refractivity contribution in [1.29, 1.82) is 0 Å². The molecule has 0 spiro atoms. The number of nitrogens with zero attached hydrogens (tertiary/aromatic N) is 2. The molecular formula is C14H17FN4O2S. The van der Waals surface area contributed by atoms with Gasteiger partial charge in [-0.25, -0.2) is 18.5 Å². The van der Waals surface area contributed by atoms with Crippen molar-refractivity contribution in [2.24, 2.45) is 4.99 Å². The van der Waals surface area contributed by atoms with Crippen LogP contribution in [0.4, 0.5) is 9.18 Å². The summed E-state index contributed by atoms with van der Waals surface area (Å²) in [4.78, 5) is 27.7. The Kier molecular flexibility index (Phi) is 4.92. The first kappa shape index (κ1) is 16.2. The van der Waals surface area contributed by atoms with E-state index < -0.39 is 17.5 Å². The highest BCUT2D eigenvalue weighted by Crippen LogP contribution is 2.22. The number of rotatable bonds is 3. The number of nitrogens with one attached hydrogen (secondary N) is 2. The average Bonchev–Trinajstić information content (AvgIpc) is 2.79. The normalized spacial score (nSPS) is 12.0. The van der Waals surface area contributed by atoms with Crippen LogP contribution in [0, 0.1) is 5.82 Å². The summed E-state index contributed by atoms with van der Waals surface area (Å²) >= 11 is 0.927. The van der Waals surface area contributed by atoms with Crippen molar-refractivity contribution in [3.8, 4) is 5.69 Å². The molecule has 22 heavy (non-hydrogen) atoms. The number of halogens is 1. The lowest BCUT2D eigenvalue weighted by Gasteiger charge is -2.12. The largest absolute Gasteiger partial charge is 0.343 e. The molecule has 6 nitrogen and oxygen atoms in total. The van der Waals surface area contributed by atoms with E-state index in [2.05, 4.69) is 14.7 Å². The monoisotopic (exact) mass is 324 g/mol. The zero-order valence-electron chi connectivity index (χ0n) is 12.5. The summed E-state index contributed by atoms with van der Waals surface area (Å²) in [5.74, 6) is -0.374. The Morgan fingerprint density at radius 1 is 1.50 bits per heavy atom. The zero-order valence-corrected chi connectivity index (χ0v) is 13.3. The van der Waals surface area contributed by atoms with Crippen LogP contribution >= 0.6 is 11.5 Å². The van der Waals surface area contributed by atoms with Gasteiger partial charge in [0.2, 0.25) is 4.80 Å². The quantitative estimate of drug-likeness (QED) is 0.907. The van der Waals surface area contributed by atoms with E-state index in [1.165, 1.54) is 16.7 Å². The number of amides is 2. The van der Waals surface area contributed by atoms with Crippen molar-refractivity contribution in [3.05, 3.63) is 44.9 Å². The van der Waals surface area contributed by atoms with Gasteiger partial charge in [-0.05, 0) is 42.1 Å². The van der Waals surface area contributed by atoms with Crippen LogP contribution in [0.15, 0.2) is 28.0 Å². The molecule has 1 heterocycles. The van der Waals surface area contributed by atoms with E-state index in [0.717, 1.165) is 17.1 Å². The number of aromatic nitrogens is 2. The van der Waals surface area contributed by atoms with Crippen molar-refractivity contribution in [2.75, 3.05) is 6.54 Å². The summed E-state index contributed by atoms with van der Waals surface area (Å²) in [5, 5.41) is 2.53. The molecule has 8 heteroatoms. The highest BCUT2D eigenvalue weighted by Gasteiger charge is 2.14. The maximum absolute atomic E-state index is 13.6. The summed E-state index contributed by atoms with van der Waals surface area (Å²) in [5.41, 5.74) is 0.726. The highest BCUT2D eigenvalue weighted by atomic mass is 32.1. The third kappa shape index (κ3) is 3.33. The van der Waals surface area contributed by atoms with Crippen molar-refractivity contribution in [3.63, 3.8) is 0 Å². The van der Waals surface area contributed by atoms with Gasteiger partial charge in [-0.3, -0.25) is 4.37 Å². The third-order valence-corrected chi connectivity index (χ3v) is 3.74. The van der Waals surface area contributed by atoms with E-state index in [1.807, 2.05) is 13.8 Å². The number of carbonyl (C=O) groups excluding carboxylic acids is 1. The molecule has 1 aromatic carbocycles. The molecule has 0 aliphatic heterocycles. The van der Waals surface area contributed by atoms with Crippen LogP contribution in [-0.2, 0) is 0 Å². The van der Waals surface area contributed by atoms with E-state index in [-0.39, 0.29) is 10.7 Å². The Morgan fingerprint density at radius 3 is 2.86 bits per heavy atom. The molecule has 0 saturated heterocycles. The Labute approximate surface area is 130 Å². The fourth-order valence-electron chi connectivity index (χ4n) is 2.03. The van der Waals surface area contributed by atoms with Crippen molar-refractivity contribution in [1.82, 2.24) is 14.3 Å². The minimum Gasteiger partial charge on any atom is -0.336 e. The van der Waals surface area contributed by atoms with Crippen LogP contribution in [0.2, 0.25) is 0 Å². The Morgan fingerprint density at radius 2 is 2.23 bits per heavy atom. The predicted molar refractivity (Wildman–Crippen MR) is 82.9 cm³/mol. The number of hydrogen-bond acceptors (Lipinski definition) is 3. The predicted octanol–water partition coefficient (Wildman–Crippen LogP) is 2.12. The minimum atomic E-state index is -0.547. The van der Waals surface area contributed by atoms with Crippen molar-refractivity contribution in [2.45, 2.75) is 26.7 Å². The first-order valence-electron chi connectivity index (χ1n) is 6.87. The first-order valence-corrected chi connectivity index (χ1v) is 7.68. The highest BCUT2D eigenvalue weighted by molar-refractivity contribution is 7.02. The average molecular weight is 324 g/mol. The fraction of sp³-hybridized carbons (Fsp3) is 0.357. The van der Waals surface area contributed by atoms with Crippen LogP contribution in [0.3, 0.4) is 0 Å². The van der Waals surface area contributed by atoms with E-state index in [4.69, 9.17) is 0 Å². The van der Waals surface area contributed by atoms with Gasteiger partial charge in [0.15, 0.2) is 0 Å². The van der Waals surface area contributed by atoms with Gasteiger partial charge in [-0.2, -0.15) is 4.99 Å². The number of benzene rings is 1. The molecule has 0 atom stereocenters. The molecule has 0 aliphatic rings. The Hall–Kier alpha value is -2.22. The van der Waals surface area contributed by atoms with Gasteiger partial charge in [0.05, 0.1) is 5.69 Å². The van der Waals surface area contributed by atoms with E-state index >= 15 is 0 Å². The van der Waals surface area contributed by atoms with Gasteiger partial charge in [-0.1, -0.05) is 19.9 Å². The molecular weight excluding hydrogens is 307 g/mol. The second-order valence-corrected chi connectivity index (χ2v) is 5.71. The molecule has 2 rings (SSSR count). The van der Waals surface area contributed by atoms with Gasteiger partial charge in [0.1, 0.15) is 5.82 Å². The van der Waals surface area contributed by atoms with Gasteiger partial charge in [0.25, 0.3) is 0 Å². The van der Waals surface area contributed by atoms with Crippen LogP contribution < -0.4 is 15.8 Å².